The largest absolute Gasteiger partial charge is 0.444 e. The molecule has 0 spiro atoms. The first kappa shape index (κ1) is 25.5. The van der Waals surface area contributed by atoms with Crippen molar-refractivity contribution >= 4 is 21.9 Å². The van der Waals surface area contributed by atoms with E-state index in [0.29, 0.717) is 25.5 Å². The van der Waals surface area contributed by atoms with Crippen molar-refractivity contribution in [2.24, 2.45) is 4.99 Å². The monoisotopic (exact) mass is 433 g/mol. The molecular formula is C19H39N5O4S. The molecule has 29 heavy (non-hydrogen) atoms. The molecule has 2 N–H and O–H groups in total. The summed E-state index contributed by atoms with van der Waals surface area (Å²) in [6.07, 6.45) is 2.51. The Morgan fingerprint density at radius 3 is 2.34 bits per heavy atom. The van der Waals surface area contributed by atoms with Crippen molar-refractivity contribution in [3.05, 3.63) is 0 Å². The van der Waals surface area contributed by atoms with Crippen LogP contribution in [0, 0.1) is 0 Å². The van der Waals surface area contributed by atoms with Crippen LogP contribution in [0.3, 0.4) is 0 Å². The Labute approximate surface area is 176 Å². The molecule has 0 aromatic rings. The fourth-order valence-electron chi connectivity index (χ4n) is 2.88. The maximum Gasteiger partial charge on any atom is 0.410 e. The Balaban J connectivity index is 2.22. The summed E-state index contributed by atoms with van der Waals surface area (Å²) >= 11 is 0. The van der Waals surface area contributed by atoms with Crippen LogP contribution in [-0.2, 0) is 14.6 Å². The van der Waals surface area contributed by atoms with E-state index in [4.69, 9.17) is 4.74 Å². The first-order valence-electron chi connectivity index (χ1n) is 10.2. The summed E-state index contributed by atoms with van der Waals surface area (Å²) in [4.78, 5) is 20.4. The quantitative estimate of drug-likeness (QED) is 0.333. The summed E-state index contributed by atoms with van der Waals surface area (Å²) in [5, 5.41) is 6.49. The second-order valence-electron chi connectivity index (χ2n) is 8.63. The minimum absolute atomic E-state index is 0.0249. The molecule has 0 aromatic carbocycles. The van der Waals surface area contributed by atoms with Gasteiger partial charge in [-0.1, -0.05) is 0 Å². The molecule has 1 heterocycles. The summed E-state index contributed by atoms with van der Waals surface area (Å²) in [6, 6.07) is 0.0249. The Bertz CT molecular complexity index is 637. The smallest absolute Gasteiger partial charge is 0.410 e. The number of aliphatic imine (C=N–C) groups is 1. The van der Waals surface area contributed by atoms with Crippen LogP contribution in [0.15, 0.2) is 4.99 Å². The molecule has 0 aromatic heterocycles. The van der Waals surface area contributed by atoms with Gasteiger partial charge in [0.25, 0.3) is 0 Å². The number of amides is 1. The number of nitrogens with zero attached hydrogens (tertiary/aromatic N) is 3. The van der Waals surface area contributed by atoms with Crippen LogP contribution in [-0.4, -0.2) is 100 Å². The number of rotatable bonds is 8. The van der Waals surface area contributed by atoms with E-state index in [9.17, 15) is 13.2 Å². The van der Waals surface area contributed by atoms with Crippen molar-refractivity contribution in [3.8, 4) is 0 Å². The highest BCUT2D eigenvalue weighted by molar-refractivity contribution is 7.90. The van der Waals surface area contributed by atoms with Crippen molar-refractivity contribution < 1.29 is 17.9 Å². The van der Waals surface area contributed by atoms with Crippen molar-refractivity contribution in [1.82, 2.24) is 20.4 Å². The van der Waals surface area contributed by atoms with Gasteiger partial charge in [0.2, 0.25) is 0 Å². The second kappa shape index (κ2) is 11.6. The van der Waals surface area contributed by atoms with Gasteiger partial charge in [-0.15, -0.1) is 0 Å². The van der Waals surface area contributed by atoms with Crippen LogP contribution in [0.4, 0.5) is 4.79 Å². The van der Waals surface area contributed by atoms with Crippen LogP contribution >= 0.6 is 0 Å². The van der Waals surface area contributed by atoms with E-state index < -0.39 is 15.4 Å². The molecule has 170 valence electrons. The number of nitrogens with one attached hydrogen (secondary N) is 2. The number of hydrogen-bond acceptors (Lipinski definition) is 6. The molecule has 0 bridgehead atoms. The second-order valence-corrected chi connectivity index (χ2v) is 10.9. The number of guanidine groups is 1. The van der Waals surface area contributed by atoms with E-state index in [1.165, 1.54) is 6.26 Å². The van der Waals surface area contributed by atoms with Crippen LogP contribution in [0.2, 0.25) is 0 Å². The van der Waals surface area contributed by atoms with E-state index in [-0.39, 0.29) is 17.9 Å². The van der Waals surface area contributed by atoms with E-state index >= 15 is 0 Å². The third-order valence-electron chi connectivity index (χ3n) is 4.50. The predicted octanol–water partition coefficient (Wildman–Crippen LogP) is 0.917. The standard InChI is InChI=1S/C19H39N5O4S/c1-16(8-15-29(6,26)27)22-17(20-5)21-9-7-10-23-11-13-24(14-12-23)18(25)28-19(2,3)4/h16H,7-15H2,1-6H3,(H2,20,21,22). The zero-order valence-electron chi connectivity index (χ0n) is 18.8. The molecule has 1 aliphatic rings. The highest BCUT2D eigenvalue weighted by Gasteiger charge is 2.25. The SMILES string of the molecule is CN=C(NCCCN1CCN(C(=O)OC(C)(C)C)CC1)NC(C)CCS(C)(=O)=O. The van der Waals surface area contributed by atoms with Gasteiger partial charge in [0, 0.05) is 52.1 Å². The number of ether oxygens (including phenoxy) is 1. The zero-order chi connectivity index (χ0) is 22.1. The highest BCUT2D eigenvalue weighted by atomic mass is 32.2. The van der Waals surface area contributed by atoms with Gasteiger partial charge in [0.15, 0.2) is 5.96 Å². The fraction of sp³-hybridized carbons (Fsp3) is 0.895. The molecule has 1 fully saturated rings. The normalized spacial score (nSPS) is 17.7. The first-order chi connectivity index (χ1) is 13.4. The first-order valence-corrected chi connectivity index (χ1v) is 12.3. The van der Waals surface area contributed by atoms with Crippen molar-refractivity contribution in [3.63, 3.8) is 0 Å². The highest BCUT2D eigenvalue weighted by Crippen LogP contribution is 2.11. The molecule has 0 aliphatic carbocycles. The maximum absolute atomic E-state index is 12.1. The molecule has 1 atom stereocenters. The molecule has 1 aliphatic heterocycles. The third-order valence-corrected chi connectivity index (χ3v) is 5.47. The minimum Gasteiger partial charge on any atom is -0.444 e. The number of carbonyl (C=O) groups excluding carboxylic acids is 1. The molecule has 0 radical (unpaired) electrons. The van der Waals surface area contributed by atoms with Crippen molar-refractivity contribution in [2.45, 2.75) is 52.2 Å². The van der Waals surface area contributed by atoms with Gasteiger partial charge >= 0.3 is 6.09 Å². The minimum atomic E-state index is -2.95. The number of hydrogen-bond donors (Lipinski definition) is 2. The lowest BCUT2D eigenvalue weighted by atomic mass is 10.2. The van der Waals surface area contributed by atoms with Gasteiger partial charge in [-0.25, -0.2) is 13.2 Å². The Morgan fingerprint density at radius 2 is 1.83 bits per heavy atom. The van der Waals surface area contributed by atoms with Crippen LogP contribution < -0.4 is 10.6 Å². The molecule has 0 saturated carbocycles. The van der Waals surface area contributed by atoms with Gasteiger partial charge in [-0.05, 0) is 47.1 Å². The number of piperazine rings is 1. The van der Waals surface area contributed by atoms with E-state index in [1.807, 2.05) is 27.7 Å². The van der Waals surface area contributed by atoms with Crippen LogP contribution in [0.1, 0.15) is 40.5 Å². The van der Waals surface area contributed by atoms with Gasteiger partial charge in [0.05, 0.1) is 5.75 Å². The van der Waals surface area contributed by atoms with Gasteiger partial charge in [-0.3, -0.25) is 9.89 Å². The lowest BCUT2D eigenvalue weighted by Gasteiger charge is -2.35. The van der Waals surface area contributed by atoms with Crippen LogP contribution in [0.25, 0.3) is 0 Å². The van der Waals surface area contributed by atoms with Crippen molar-refractivity contribution in [1.29, 1.82) is 0 Å². The number of carbonyl (C=O) groups is 1. The van der Waals surface area contributed by atoms with Gasteiger partial charge < -0.3 is 20.3 Å². The predicted molar refractivity (Wildman–Crippen MR) is 117 cm³/mol. The van der Waals surface area contributed by atoms with E-state index in [2.05, 4.69) is 20.5 Å². The molecular weight excluding hydrogens is 394 g/mol. The fourth-order valence-corrected chi connectivity index (χ4v) is 3.66. The number of sulfone groups is 1. The maximum atomic E-state index is 12.1. The Kier molecular flexibility index (Phi) is 10.2. The lowest BCUT2D eigenvalue weighted by molar-refractivity contribution is 0.0145. The summed E-state index contributed by atoms with van der Waals surface area (Å²) in [5.41, 5.74) is -0.464. The summed E-state index contributed by atoms with van der Waals surface area (Å²) < 4.78 is 27.9. The van der Waals surface area contributed by atoms with Gasteiger partial charge in [0.1, 0.15) is 15.4 Å². The van der Waals surface area contributed by atoms with E-state index in [1.54, 1.807) is 11.9 Å². The summed E-state index contributed by atoms with van der Waals surface area (Å²) in [6.45, 7) is 12.3. The zero-order valence-corrected chi connectivity index (χ0v) is 19.6. The third kappa shape index (κ3) is 11.9. The molecule has 10 heteroatoms. The Morgan fingerprint density at radius 1 is 1.21 bits per heavy atom. The molecule has 9 nitrogen and oxygen atoms in total. The molecule has 1 unspecified atom stereocenters. The summed E-state index contributed by atoms with van der Waals surface area (Å²) in [7, 11) is -1.25. The topological polar surface area (TPSA) is 103 Å². The van der Waals surface area contributed by atoms with Gasteiger partial charge in [-0.2, -0.15) is 0 Å². The Hall–Kier alpha value is -1.55. The molecule has 1 saturated heterocycles. The molecule has 1 rings (SSSR count). The van der Waals surface area contributed by atoms with Crippen LogP contribution in [0.5, 0.6) is 0 Å². The molecule has 1 amide bonds. The van der Waals surface area contributed by atoms with E-state index in [0.717, 1.165) is 32.6 Å². The summed E-state index contributed by atoms with van der Waals surface area (Å²) in [5.74, 6) is 0.841. The van der Waals surface area contributed by atoms with Crippen molar-refractivity contribution in [2.75, 3.05) is 58.3 Å². The average Bonchev–Trinajstić information content (AvgIpc) is 2.61. The average molecular weight is 434 g/mol. The lowest BCUT2D eigenvalue weighted by Crippen LogP contribution is -2.50.